The fraction of sp³-hybridized carbons (Fsp3) is 0.348. The third kappa shape index (κ3) is 3.84. The summed E-state index contributed by atoms with van der Waals surface area (Å²) in [5.74, 6) is 0.735. The first kappa shape index (κ1) is 18.4. The smallest absolute Gasteiger partial charge is 0.253 e. The van der Waals surface area contributed by atoms with Crippen molar-refractivity contribution in [2.24, 2.45) is 0 Å². The number of pyridine rings is 1. The Kier molecular flexibility index (Phi) is 5.24. The average Bonchev–Trinajstić information content (AvgIpc) is 2.73. The topological polar surface area (TPSA) is 57.4 Å². The van der Waals surface area contributed by atoms with Crippen LogP contribution in [0.2, 0.25) is 0 Å². The van der Waals surface area contributed by atoms with Gasteiger partial charge in [0.15, 0.2) is 0 Å². The number of nitrogens with one attached hydrogen (secondary N) is 2. The summed E-state index contributed by atoms with van der Waals surface area (Å²) in [6.07, 6.45) is 3.88. The number of piperidine rings is 1. The zero-order valence-electron chi connectivity index (χ0n) is 16.5. The summed E-state index contributed by atoms with van der Waals surface area (Å²) in [4.78, 5) is 17.9. The highest BCUT2D eigenvalue weighted by atomic mass is 16.5. The van der Waals surface area contributed by atoms with Crippen LogP contribution in [0.25, 0.3) is 10.9 Å². The number of H-pyrrole nitrogens is 1. The second-order valence-corrected chi connectivity index (χ2v) is 7.48. The van der Waals surface area contributed by atoms with E-state index in [0.29, 0.717) is 6.54 Å². The Morgan fingerprint density at radius 2 is 1.89 bits per heavy atom. The minimum Gasteiger partial charge on any atom is -0.497 e. The molecular formula is C23H27N3O2. The standard InChI is InChI=1S/C23H27N3O2/c1-16-12-19(26-10-4-3-5-11-26)7-9-21(16)24-15-18-13-17-6-8-20(28-2)14-22(17)25-23(18)27/h6-9,12-14,24H,3-5,10-11,15H2,1-2H3,(H,25,27). The van der Waals surface area contributed by atoms with Crippen molar-refractivity contribution in [2.75, 3.05) is 30.4 Å². The number of rotatable bonds is 5. The molecule has 2 N–H and O–H groups in total. The van der Waals surface area contributed by atoms with Gasteiger partial charge in [-0.15, -0.1) is 0 Å². The molecule has 3 aromatic rings. The van der Waals surface area contributed by atoms with Crippen LogP contribution in [0.1, 0.15) is 30.4 Å². The second kappa shape index (κ2) is 7.97. The Morgan fingerprint density at radius 1 is 1.07 bits per heavy atom. The third-order valence-corrected chi connectivity index (χ3v) is 5.53. The van der Waals surface area contributed by atoms with E-state index < -0.39 is 0 Å². The van der Waals surface area contributed by atoms with E-state index in [9.17, 15) is 4.79 Å². The zero-order valence-corrected chi connectivity index (χ0v) is 16.5. The summed E-state index contributed by atoms with van der Waals surface area (Å²) in [5.41, 5.74) is 4.99. The minimum atomic E-state index is -0.0733. The average molecular weight is 377 g/mol. The molecule has 1 aliphatic rings. The molecule has 2 heterocycles. The summed E-state index contributed by atoms with van der Waals surface area (Å²) in [7, 11) is 1.62. The molecule has 28 heavy (non-hydrogen) atoms. The molecule has 1 fully saturated rings. The second-order valence-electron chi connectivity index (χ2n) is 7.48. The lowest BCUT2D eigenvalue weighted by molar-refractivity contribution is 0.415. The van der Waals surface area contributed by atoms with E-state index in [1.165, 1.54) is 30.5 Å². The van der Waals surface area contributed by atoms with E-state index in [1.807, 2.05) is 24.3 Å². The monoisotopic (exact) mass is 377 g/mol. The van der Waals surface area contributed by atoms with Crippen molar-refractivity contribution in [3.63, 3.8) is 0 Å². The fourth-order valence-electron chi connectivity index (χ4n) is 3.87. The molecule has 5 heteroatoms. The van der Waals surface area contributed by atoms with Crippen molar-refractivity contribution in [2.45, 2.75) is 32.7 Å². The molecule has 0 bridgehead atoms. The lowest BCUT2D eigenvalue weighted by atomic mass is 10.1. The van der Waals surface area contributed by atoms with Crippen molar-refractivity contribution >= 4 is 22.3 Å². The molecule has 0 radical (unpaired) electrons. The Balaban J connectivity index is 1.51. The summed E-state index contributed by atoms with van der Waals surface area (Å²) in [6.45, 7) is 4.89. The van der Waals surface area contributed by atoms with Gasteiger partial charge >= 0.3 is 0 Å². The van der Waals surface area contributed by atoms with Crippen molar-refractivity contribution < 1.29 is 4.74 Å². The van der Waals surface area contributed by atoms with E-state index in [1.54, 1.807) is 7.11 Å². The molecule has 0 spiro atoms. The SMILES string of the molecule is COc1ccc2cc(CNc3ccc(N4CCCCC4)cc3C)c(=O)[nH]c2c1. The fourth-order valence-corrected chi connectivity index (χ4v) is 3.87. The lowest BCUT2D eigenvalue weighted by Crippen LogP contribution is -2.29. The van der Waals surface area contributed by atoms with Crippen molar-refractivity contribution in [1.82, 2.24) is 4.98 Å². The Bertz CT molecular complexity index is 1040. The Morgan fingerprint density at radius 3 is 2.64 bits per heavy atom. The van der Waals surface area contributed by atoms with Gasteiger partial charge < -0.3 is 19.9 Å². The molecule has 0 saturated carbocycles. The number of ether oxygens (including phenoxy) is 1. The molecule has 0 amide bonds. The number of hydrogen-bond donors (Lipinski definition) is 2. The number of nitrogens with zero attached hydrogens (tertiary/aromatic N) is 1. The van der Waals surface area contributed by atoms with E-state index in [4.69, 9.17) is 4.74 Å². The number of fused-ring (bicyclic) bond motifs is 1. The maximum Gasteiger partial charge on any atom is 0.253 e. The molecule has 0 atom stereocenters. The van der Waals surface area contributed by atoms with Crippen molar-refractivity contribution in [1.29, 1.82) is 0 Å². The molecule has 5 nitrogen and oxygen atoms in total. The highest BCUT2D eigenvalue weighted by Gasteiger charge is 2.12. The van der Waals surface area contributed by atoms with Crippen LogP contribution < -0.4 is 20.5 Å². The van der Waals surface area contributed by atoms with Crippen LogP contribution in [0.4, 0.5) is 11.4 Å². The number of aromatic nitrogens is 1. The van der Waals surface area contributed by atoms with E-state index >= 15 is 0 Å². The summed E-state index contributed by atoms with van der Waals surface area (Å²) in [6, 6.07) is 14.2. The first-order chi connectivity index (χ1) is 13.6. The van der Waals surface area contributed by atoms with Gasteiger partial charge in [0, 0.05) is 42.6 Å². The predicted octanol–water partition coefficient (Wildman–Crippen LogP) is 4.45. The number of anilines is 2. The van der Waals surface area contributed by atoms with Crippen molar-refractivity contribution in [3.8, 4) is 5.75 Å². The summed E-state index contributed by atoms with van der Waals surface area (Å²) < 4.78 is 5.23. The molecule has 2 aromatic carbocycles. The summed E-state index contributed by atoms with van der Waals surface area (Å²) >= 11 is 0. The first-order valence-corrected chi connectivity index (χ1v) is 9.93. The van der Waals surface area contributed by atoms with Gasteiger partial charge in [-0.1, -0.05) is 0 Å². The maximum atomic E-state index is 12.5. The van der Waals surface area contributed by atoms with Gasteiger partial charge in [-0.3, -0.25) is 4.79 Å². The highest BCUT2D eigenvalue weighted by molar-refractivity contribution is 5.80. The number of methoxy groups -OCH3 is 1. The number of hydrogen-bond acceptors (Lipinski definition) is 4. The number of benzene rings is 2. The summed E-state index contributed by atoms with van der Waals surface area (Å²) in [5, 5.41) is 4.42. The molecule has 0 unspecified atom stereocenters. The van der Waals surface area contributed by atoms with Gasteiger partial charge in [0.25, 0.3) is 5.56 Å². The van der Waals surface area contributed by atoms with Gasteiger partial charge in [0.2, 0.25) is 0 Å². The van der Waals surface area contributed by atoms with E-state index in [2.05, 4.69) is 40.3 Å². The normalized spacial score (nSPS) is 14.3. The van der Waals surface area contributed by atoms with E-state index in [-0.39, 0.29) is 5.56 Å². The van der Waals surface area contributed by atoms with Gasteiger partial charge in [-0.05, 0) is 73.5 Å². The van der Waals surface area contributed by atoms with Crippen LogP contribution in [0, 0.1) is 6.92 Å². The van der Waals surface area contributed by atoms with Crippen LogP contribution >= 0.6 is 0 Å². The van der Waals surface area contributed by atoms with Crippen LogP contribution in [0.3, 0.4) is 0 Å². The van der Waals surface area contributed by atoms with Gasteiger partial charge in [0.1, 0.15) is 5.75 Å². The predicted molar refractivity (Wildman–Crippen MR) is 116 cm³/mol. The van der Waals surface area contributed by atoms with Crippen LogP contribution in [0.5, 0.6) is 5.75 Å². The van der Waals surface area contributed by atoms with Crippen LogP contribution in [-0.2, 0) is 6.54 Å². The number of aryl methyl sites for hydroxylation is 1. The quantitative estimate of drug-likeness (QED) is 0.690. The maximum absolute atomic E-state index is 12.5. The van der Waals surface area contributed by atoms with Gasteiger partial charge in [-0.25, -0.2) is 0 Å². The molecule has 4 rings (SSSR count). The first-order valence-electron chi connectivity index (χ1n) is 9.93. The molecule has 146 valence electrons. The molecular weight excluding hydrogens is 350 g/mol. The highest BCUT2D eigenvalue weighted by Crippen LogP contribution is 2.26. The number of aromatic amines is 1. The third-order valence-electron chi connectivity index (χ3n) is 5.53. The zero-order chi connectivity index (χ0) is 19.5. The van der Waals surface area contributed by atoms with E-state index in [0.717, 1.165) is 41.0 Å². The van der Waals surface area contributed by atoms with Gasteiger partial charge in [0.05, 0.1) is 12.6 Å². The van der Waals surface area contributed by atoms with Gasteiger partial charge in [-0.2, -0.15) is 0 Å². The minimum absolute atomic E-state index is 0.0733. The molecule has 1 aliphatic heterocycles. The Hall–Kier alpha value is -2.95. The van der Waals surface area contributed by atoms with Crippen LogP contribution in [0.15, 0.2) is 47.3 Å². The Labute approximate surface area is 165 Å². The molecule has 1 aromatic heterocycles. The molecule has 0 aliphatic carbocycles. The van der Waals surface area contributed by atoms with Crippen LogP contribution in [-0.4, -0.2) is 25.2 Å². The lowest BCUT2D eigenvalue weighted by Gasteiger charge is -2.29. The molecule has 1 saturated heterocycles. The largest absolute Gasteiger partial charge is 0.497 e. The van der Waals surface area contributed by atoms with Crippen molar-refractivity contribution in [3.05, 3.63) is 63.9 Å².